The van der Waals surface area contributed by atoms with Crippen LogP contribution in [0.25, 0.3) is 38.8 Å². The minimum atomic E-state index is 0.0814. The van der Waals surface area contributed by atoms with Crippen LogP contribution in [-0.4, -0.2) is 19.5 Å². The second-order valence-corrected chi connectivity index (χ2v) is 7.17. The molecule has 0 aliphatic carbocycles. The molecule has 0 saturated heterocycles. The summed E-state index contributed by atoms with van der Waals surface area (Å²) in [5, 5.41) is 13.6. The van der Waals surface area contributed by atoms with E-state index < -0.39 is 0 Å². The number of aromatic nitrogens is 3. The maximum atomic E-state index is 9.28. The molecule has 0 fully saturated rings. The Balaban J connectivity index is 1.64. The average Bonchev–Trinajstić information content (AvgIpc) is 3.33. The van der Waals surface area contributed by atoms with Crippen molar-refractivity contribution in [2.45, 2.75) is 6.61 Å². The highest BCUT2D eigenvalue weighted by molar-refractivity contribution is 7.10. The van der Waals surface area contributed by atoms with Crippen LogP contribution in [0, 0.1) is 0 Å². The normalized spacial score (nSPS) is 11.4. The van der Waals surface area contributed by atoms with Crippen molar-refractivity contribution in [3.05, 3.63) is 77.5 Å². The number of imidazole rings is 1. The molecular formula is C21H15N3OS. The SMILES string of the molecule is OCc1cc(-c2ccc3nc(-c4cccc5cnccc45)cn3c2)cs1. The average molecular weight is 357 g/mol. The molecule has 4 heterocycles. The van der Waals surface area contributed by atoms with Gasteiger partial charge in [0.15, 0.2) is 0 Å². The first kappa shape index (κ1) is 15.3. The summed E-state index contributed by atoms with van der Waals surface area (Å²) in [6.07, 6.45) is 7.84. The molecule has 126 valence electrons. The second-order valence-electron chi connectivity index (χ2n) is 6.17. The van der Waals surface area contributed by atoms with Crippen molar-refractivity contribution in [3.8, 4) is 22.4 Å². The van der Waals surface area contributed by atoms with Gasteiger partial charge in [-0.05, 0) is 46.2 Å². The molecule has 0 radical (unpaired) electrons. The summed E-state index contributed by atoms with van der Waals surface area (Å²) in [6, 6.07) is 14.4. The number of aliphatic hydroxyl groups is 1. The lowest BCUT2D eigenvalue weighted by Crippen LogP contribution is -1.84. The van der Waals surface area contributed by atoms with Gasteiger partial charge in [-0.1, -0.05) is 18.2 Å². The van der Waals surface area contributed by atoms with Crippen LogP contribution in [0.5, 0.6) is 0 Å². The standard InChI is InChI=1S/C21H15N3OS/c25-12-17-8-16(13-26-17)15-4-5-21-23-20(11-24(21)10-15)19-3-1-2-14-9-22-7-6-18(14)19/h1-11,13,25H,12H2. The van der Waals surface area contributed by atoms with E-state index in [9.17, 15) is 5.11 Å². The lowest BCUT2D eigenvalue weighted by Gasteiger charge is -2.02. The molecule has 0 unspecified atom stereocenters. The first-order chi connectivity index (χ1) is 12.8. The van der Waals surface area contributed by atoms with E-state index in [2.05, 4.69) is 45.4 Å². The van der Waals surface area contributed by atoms with E-state index in [-0.39, 0.29) is 6.61 Å². The van der Waals surface area contributed by atoms with E-state index in [4.69, 9.17) is 4.98 Å². The van der Waals surface area contributed by atoms with Gasteiger partial charge in [0.2, 0.25) is 0 Å². The quantitative estimate of drug-likeness (QED) is 0.506. The van der Waals surface area contributed by atoms with Crippen molar-refractivity contribution in [3.63, 3.8) is 0 Å². The Morgan fingerprint density at radius 1 is 1.04 bits per heavy atom. The number of pyridine rings is 2. The number of thiophene rings is 1. The van der Waals surface area contributed by atoms with E-state index in [1.165, 1.54) is 0 Å². The van der Waals surface area contributed by atoms with Gasteiger partial charge in [0.1, 0.15) is 5.65 Å². The van der Waals surface area contributed by atoms with Crippen LogP contribution in [0.3, 0.4) is 0 Å². The third-order valence-corrected chi connectivity index (χ3v) is 5.47. The van der Waals surface area contributed by atoms with Gasteiger partial charge in [-0.15, -0.1) is 11.3 Å². The zero-order valence-corrected chi connectivity index (χ0v) is 14.6. The highest BCUT2D eigenvalue weighted by atomic mass is 32.1. The monoisotopic (exact) mass is 357 g/mol. The highest BCUT2D eigenvalue weighted by Gasteiger charge is 2.09. The molecule has 0 aliphatic heterocycles. The van der Waals surface area contributed by atoms with Gasteiger partial charge in [-0.2, -0.15) is 0 Å². The van der Waals surface area contributed by atoms with E-state index in [0.717, 1.165) is 43.7 Å². The molecular weight excluding hydrogens is 342 g/mol. The Kier molecular flexibility index (Phi) is 3.55. The molecule has 0 aliphatic rings. The first-order valence-corrected chi connectivity index (χ1v) is 9.20. The molecule has 0 amide bonds. The Morgan fingerprint density at radius 3 is 2.88 bits per heavy atom. The fourth-order valence-electron chi connectivity index (χ4n) is 3.25. The van der Waals surface area contributed by atoms with Crippen LogP contribution < -0.4 is 0 Å². The lowest BCUT2D eigenvalue weighted by atomic mass is 10.0. The van der Waals surface area contributed by atoms with Gasteiger partial charge in [0.25, 0.3) is 0 Å². The molecule has 4 aromatic heterocycles. The van der Waals surface area contributed by atoms with Crippen molar-refractivity contribution in [2.24, 2.45) is 0 Å². The summed E-state index contributed by atoms with van der Waals surface area (Å²) in [5.74, 6) is 0. The maximum Gasteiger partial charge on any atom is 0.137 e. The van der Waals surface area contributed by atoms with Gasteiger partial charge in [-0.25, -0.2) is 4.98 Å². The fraction of sp³-hybridized carbons (Fsp3) is 0.0476. The number of rotatable bonds is 3. The predicted molar refractivity (Wildman–Crippen MR) is 105 cm³/mol. The van der Waals surface area contributed by atoms with Gasteiger partial charge < -0.3 is 9.51 Å². The fourth-order valence-corrected chi connectivity index (χ4v) is 4.01. The number of nitrogens with zero attached hydrogens (tertiary/aromatic N) is 3. The van der Waals surface area contributed by atoms with E-state index in [0.29, 0.717) is 0 Å². The summed E-state index contributed by atoms with van der Waals surface area (Å²) in [5.41, 5.74) is 5.19. The maximum absolute atomic E-state index is 9.28. The molecule has 5 rings (SSSR count). The minimum Gasteiger partial charge on any atom is -0.391 e. The largest absolute Gasteiger partial charge is 0.391 e. The van der Waals surface area contributed by atoms with Crippen LogP contribution in [-0.2, 0) is 6.61 Å². The molecule has 0 bridgehead atoms. The van der Waals surface area contributed by atoms with Crippen molar-refractivity contribution in [1.29, 1.82) is 0 Å². The third kappa shape index (κ3) is 2.49. The number of aliphatic hydroxyl groups excluding tert-OH is 1. The van der Waals surface area contributed by atoms with Gasteiger partial charge >= 0.3 is 0 Å². The molecule has 5 aromatic rings. The predicted octanol–water partition coefficient (Wildman–Crippen LogP) is 4.77. The number of benzene rings is 1. The molecule has 0 spiro atoms. The Hall–Kier alpha value is -3.02. The molecule has 0 atom stereocenters. The van der Waals surface area contributed by atoms with Gasteiger partial charge in [0.05, 0.1) is 12.3 Å². The number of hydrogen-bond acceptors (Lipinski definition) is 4. The molecule has 5 heteroatoms. The molecule has 1 N–H and O–H groups in total. The zero-order valence-electron chi connectivity index (χ0n) is 13.8. The van der Waals surface area contributed by atoms with Crippen LogP contribution in [0.15, 0.2) is 72.6 Å². The molecule has 1 aromatic carbocycles. The summed E-state index contributed by atoms with van der Waals surface area (Å²) in [7, 11) is 0. The molecule has 26 heavy (non-hydrogen) atoms. The van der Waals surface area contributed by atoms with Crippen LogP contribution >= 0.6 is 11.3 Å². The molecule has 4 nitrogen and oxygen atoms in total. The van der Waals surface area contributed by atoms with Crippen LogP contribution in [0.1, 0.15) is 4.88 Å². The van der Waals surface area contributed by atoms with Crippen molar-refractivity contribution in [1.82, 2.24) is 14.4 Å². The zero-order chi connectivity index (χ0) is 17.5. The van der Waals surface area contributed by atoms with Crippen molar-refractivity contribution in [2.75, 3.05) is 0 Å². The van der Waals surface area contributed by atoms with E-state index in [1.54, 1.807) is 11.3 Å². The number of hydrogen-bond donors (Lipinski definition) is 1. The van der Waals surface area contributed by atoms with Crippen LogP contribution in [0.2, 0.25) is 0 Å². The first-order valence-electron chi connectivity index (χ1n) is 8.32. The number of fused-ring (bicyclic) bond motifs is 2. The van der Waals surface area contributed by atoms with Crippen molar-refractivity contribution < 1.29 is 5.11 Å². The van der Waals surface area contributed by atoms with Crippen molar-refractivity contribution >= 4 is 27.8 Å². The topological polar surface area (TPSA) is 50.4 Å². The third-order valence-electron chi connectivity index (χ3n) is 4.55. The Bertz CT molecular complexity index is 1230. The second kappa shape index (κ2) is 6.05. The van der Waals surface area contributed by atoms with Gasteiger partial charge in [0, 0.05) is 40.6 Å². The Morgan fingerprint density at radius 2 is 2.00 bits per heavy atom. The summed E-state index contributed by atoms with van der Waals surface area (Å²) < 4.78 is 2.06. The Labute approximate surface area is 154 Å². The smallest absolute Gasteiger partial charge is 0.137 e. The minimum absolute atomic E-state index is 0.0814. The van der Waals surface area contributed by atoms with Gasteiger partial charge in [-0.3, -0.25) is 4.98 Å². The highest BCUT2D eigenvalue weighted by Crippen LogP contribution is 2.30. The van der Waals surface area contributed by atoms with E-state index >= 15 is 0 Å². The summed E-state index contributed by atoms with van der Waals surface area (Å²) in [6.45, 7) is 0.0814. The summed E-state index contributed by atoms with van der Waals surface area (Å²) in [4.78, 5) is 9.96. The van der Waals surface area contributed by atoms with Crippen LogP contribution in [0.4, 0.5) is 0 Å². The molecule has 0 saturated carbocycles. The lowest BCUT2D eigenvalue weighted by molar-refractivity contribution is 0.285. The summed E-state index contributed by atoms with van der Waals surface area (Å²) >= 11 is 1.57. The van der Waals surface area contributed by atoms with E-state index in [1.807, 2.05) is 36.7 Å².